The lowest BCUT2D eigenvalue weighted by molar-refractivity contribution is -0.131. The lowest BCUT2D eigenvalue weighted by Gasteiger charge is -2.29. The van der Waals surface area contributed by atoms with Crippen molar-refractivity contribution in [3.8, 4) is 0 Å². The van der Waals surface area contributed by atoms with Crippen molar-refractivity contribution in [3.63, 3.8) is 0 Å². The Labute approximate surface area is 116 Å². The van der Waals surface area contributed by atoms with Crippen LogP contribution in [0.5, 0.6) is 0 Å². The van der Waals surface area contributed by atoms with E-state index in [1.54, 1.807) is 0 Å². The molecular formula is C14H28N2OS. The van der Waals surface area contributed by atoms with Crippen LogP contribution in [0.3, 0.4) is 0 Å². The van der Waals surface area contributed by atoms with Crippen LogP contribution in [-0.4, -0.2) is 41.6 Å². The Morgan fingerprint density at radius 3 is 2.28 bits per heavy atom. The summed E-state index contributed by atoms with van der Waals surface area (Å²) in [5, 5.41) is 3.51. The largest absolute Gasteiger partial charge is 0.325 e. The molecule has 4 heteroatoms. The van der Waals surface area contributed by atoms with Crippen molar-refractivity contribution in [2.45, 2.75) is 46.8 Å². The fourth-order valence-electron chi connectivity index (χ4n) is 2.57. The van der Waals surface area contributed by atoms with E-state index >= 15 is 0 Å². The van der Waals surface area contributed by atoms with Crippen LogP contribution >= 0.6 is 11.8 Å². The molecule has 0 bridgehead atoms. The Hall–Kier alpha value is -0.220. The van der Waals surface area contributed by atoms with Gasteiger partial charge >= 0.3 is 0 Å². The Kier molecular flexibility index (Phi) is 5.99. The third-order valence-electron chi connectivity index (χ3n) is 3.49. The maximum absolute atomic E-state index is 12.5. The van der Waals surface area contributed by atoms with Gasteiger partial charge in [-0.05, 0) is 29.8 Å². The highest BCUT2D eigenvalue weighted by Crippen LogP contribution is 2.23. The van der Waals surface area contributed by atoms with Gasteiger partial charge < -0.3 is 4.90 Å². The first kappa shape index (κ1) is 15.8. The summed E-state index contributed by atoms with van der Waals surface area (Å²) in [6.07, 6.45) is 2.33. The van der Waals surface area contributed by atoms with Crippen molar-refractivity contribution >= 4 is 17.7 Å². The molecule has 0 spiro atoms. The molecule has 0 aliphatic carbocycles. The molecule has 3 atom stereocenters. The van der Waals surface area contributed by atoms with Crippen LogP contribution in [0, 0.1) is 17.8 Å². The summed E-state index contributed by atoms with van der Waals surface area (Å²) in [6, 6.07) is -0.00104. The lowest BCUT2D eigenvalue weighted by Crippen LogP contribution is -2.43. The first-order valence-corrected chi connectivity index (χ1v) is 8.33. The SMILES string of the molecule is CSCC(C)CN1C(=O)C(C(C)C)NC1C(C)C. The molecule has 1 heterocycles. The molecule has 1 rings (SSSR count). The summed E-state index contributed by atoms with van der Waals surface area (Å²) in [5.74, 6) is 2.77. The molecule has 18 heavy (non-hydrogen) atoms. The number of carbonyl (C=O) groups is 1. The average Bonchev–Trinajstić information content (AvgIpc) is 2.57. The fraction of sp³-hybridized carbons (Fsp3) is 0.929. The Bertz CT molecular complexity index is 281. The van der Waals surface area contributed by atoms with Crippen molar-refractivity contribution in [2.24, 2.45) is 17.8 Å². The van der Waals surface area contributed by atoms with E-state index in [9.17, 15) is 4.79 Å². The molecular weight excluding hydrogens is 244 g/mol. The third-order valence-corrected chi connectivity index (χ3v) is 4.40. The van der Waals surface area contributed by atoms with Gasteiger partial charge in [-0.25, -0.2) is 0 Å². The van der Waals surface area contributed by atoms with Gasteiger partial charge in [0, 0.05) is 6.54 Å². The molecule has 0 aromatic heterocycles. The Morgan fingerprint density at radius 2 is 1.83 bits per heavy atom. The highest BCUT2D eigenvalue weighted by atomic mass is 32.2. The number of hydrogen-bond donors (Lipinski definition) is 1. The van der Waals surface area contributed by atoms with E-state index in [-0.39, 0.29) is 18.1 Å². The second kappa shape index (κ2) is 6.80. The maximum atomic E-state index is 12.5. The Balaban J connectivity index is 2.75. The second-order valence-corrected chi connectivity index (χ2v) is 7.04. The highest BCUT2D eigenvalue weighted by Gasteiger charge is 2.41. The second-order valence-electron chi connectivity index (χ2n) is 6.13. The number of rotatable bonds is 6. The lowest BCUT2D eigenvalue weighted by atomic mass is 10.0. The van der Waals surface area contributed by atoms with Crippen LogP contribution in [0.4, 0.5) is 0 Å². The molecule has 106 valence electrons. The van der Waals surface area contributed by atoms with E-state index in [4.69, 9.17) is 0 Å². The molecule has 1 aliphatic rings. The summed E-state index contributed by atoms with van der Waals surface area (Å²) in [4.78, 5) is 14.5. The van der Waals surface area contributed by atoms with Crippen molar-refractivity contribution in [2.75, 3.05) is 18.6 Å². The molecule has 3 unspecified atom stereocenters. The number of hydrogen-bond acceptors (Lipinski definition) is 3. The quantitative estimate of drug-likeness (QED) is 0.806. The molecule has 1 amide bonds. The minimum atomic E-state index is -0.00104. The zero-order chi connectivity index (χ0) is 13.9. The third kappa shape index (κ3) is 3.64. The molecule has 1 fully saturated rings. The molecule has 0 radical (unpaired) electrons. The molecule has 1 saturated heterocycles. The van der Waals surface area contributed by atoms with Crippen molar-refractivity contribution in [1.29, 1.82) is 0 Å². The summed E-state index contributed by atoms with van der Waals surface area (Å²) in [6.45, 7) is 11.7. The number of nitrogens with zero attached hydrogens (tertiary/aromatic N) is 1. The highest BCUT2D eigenvalue weighted by molar-refractivity contribution is 7.98. The van der Waals surface area contributed by atoms with E-state index < -0.39 is 0 Å². The van der Waals surface area contributed by atoms with Gasteiger partial charge in [0.2, 0.25) is 5.91 Å². The minimum Gasteiger partial charge on any atom is -0.325 e. The monoisotopic (exact) mass is 272 g/mol. The number of thioether (sulfide) groups is 1. The first-order chi connectivity index (χ1) is 8.38. The van der Waals surface area contributed by atoms with Crippen LogP contribution in [0.15, 0.2) is 0 Å². The molecule has 0 saturated carbocycles. The van der Waals surface area contributed by atoms with Gasteiger partial charge in [0.25, 0.3) is 0 Å². The topological polar surface area (TPSA) is 32.3 Å². The smallest absolute Gasteiger partial charge is 0.241 e. The van der Waals surface area contributed by atoms with Gasteiger partial charge in [0.1, 0.15) is 0 Å². The molecule has 3 nitrogen and oxygen atoms in total. The van der Waals surface area contributed by atoms with Gasteiger partial charge in [-0.1, -0.05) is 34.6 Å². The van der Waals surface area contributed by atoms with E-state index in [2.05, 4.69) is 51.1 Å². The molecule has 1 N–H and O–H groups in total. The zero-order valence-electron chi connectivity index (χ0n) is 12.6. The number of amides is 1. The normalized spacial score (nSPS) is 26.4. The standard InChI is InChI=1S/C14H28N2OS/c1-9(2)12-14(17)16(7-11(5)8-18-6)13(15-12)10(3)4/h9-13,15H,7-8H2,1-6H3. The van der Waals surface area contributed by atoms with Crippen LogP contribution in [-0.2, 0) is 4.79 Å². The number of nitrogens with one attached hydrogen (secondary N) is 1. The van der Waals surface area contributed by atoms with Gasteiger partial charge in [0.05, 0.1) is 12.2 Å². The van der Waals surface area contributed by atoms with Crippen LogP contribution in [0.2, 0.25) is 0 Å². The van der Waals surface area contributed by atoms with Gasteiger partial charge in [0.15, 0.2) is 0 Å². The molecule has 1 aliphatic heterocycles. The van der Waals surface area contributed by atoms with Gasteiger partial charge in [-0.2, -0.15) is 11.8 Å². The summed E-state index contributed by atoms with van der Waals surface area (Å²) < 4.78 is 0. The van der Waals surface area contributed by atoms with E-state index in [1.165, 1.54) is 0 Å². The zero-order valence-corrected chi connectivity index (χ0v) is 13.4. The first-order valence-electron chi connectivity index (χ1n) is 6.94. The average molecular weight is 272 g/mol. The predicted molar refractivity (Wildman–Crippen MR) is 79.6 cm³/mol. The fourth-order valence-corrected chi connectivity index (χ4v) is 3.24. The van der Waals surface area contributed by atoms with E-state index in [0.29, 0.717) is 17.8 Å². The summed E-state index contributed by atoms with van der Waals surface area (Å²) >= 11 is 1.85. The van der Waals surface area contributed by atoms with Crippen LogP contribution in [0.1, 0.15) is 34.6 Å². The van der Waals surface area contributed by atoms with Crippen molar-refractivity contribution < 1.29 is 4.79 Å². The molecule has 0 aromatic carbocycles. The van der Waals surface area contributed by atoms with Crippen LogP contribution in [0.25, 0.3) is 0 Å². The summed E-state index contributed by atoms with van der Waals surface area (Å²) in [5.41, 5.74) is 0. The van der Waals surface area contributed by atoms with Crippen molar-refractivity contribution in [1.82, 2.24) is 10.2 Å². The predicted octanol–water partition coefficient (Wildman–Crippen LogP) is 2.42. The van der Waals surface area contributed by atoms with Gasteiger partial charge in [-0.3, -0.25) is 10.1 Å². The van der Waals surface area contributed by atoms with E-state index in [0.717, 1.165) is 12.3 Å². The maximum Gasteiger partial charge on any atom is 0.241 e. The minimum absolute atomic E-state index is 0.00104. The van der Waals surface area contributed by atoms with Crippen molar-refractivity contribution in [3.05, 3.63) is 0 Å². The van der Waals surface area contributed by atoms with Gasteiger partial charge in [-0.15, -0.1) is 0 Å². The van der Waals surface area contributed by atoms with Crippen LogP contribution < -0.4 is 5.32 Å². The molecule has 0 aromatic rings. The summed E-state index contributed by atoms with van der Waals surface area (Å²) in [7, 11) is 0. The number of carbonyl (C=O) groups excluding carboxylic acids is 1. The van der Waals surface area contributed by atoms with E-state index in [1.807, 2.05) is 11.8 Å². The Morgan fingerprint density at radius 1 is 1.22 bits per heavy atom.